The van der Waals surface area contributed by atoms with E-state index in [1.54, 1.807) is 30.4 Å². The number of carbonyl (C=O) groups excluding carboxylic acids is 1. The lowest BCUT2D eigenvalue weighted by molar-refractivity contribution is -0.137. The van der Waals surface area contributed by atoms with Crippen molar-refractivity contribution in [2.75, 3.05) is 17.4 Å². The minimum Gasteiger partial charge on any atom is -0.345 e. The molecule has 0 radical (unpaired) electrons. The average Bonchev–Trinajstić information content (AvgIpc) is 2.59. The number of amides is 1. The second kappa shape index (κ2) is 7.77. The van der Waals surface area contributed by atoms with Crippen LogP contribution < -0.4 is 9.62 Å². The number of nitrogens with zero attached hydrogens (tertiary/aromatic N) is 1. The topological polar surface area (TPSA) is 66.5 Å². The molecule has 26 heavy (non-hydrogen) atoms. The molecule has 0 unspecified atom stereocenters. The quantitative estimate of drug-likeness (QED) is 0.830. The predicted octanol–water partition coefficient (Wildman–Crippen LogP) is 2.87. The maximum atomic E-state index is 12.9. The number of sulfonamides is 1. The molecule has 2 aromatic carbocycles. The van der Waals surface area contributed by atoms with Crippen molar-refractivity contribution in [2.45, 2.75) is 18.0 Å². The molecule has 9 heteroatoms. The number of alkyl halides is 3. The Morgan fingerprint density at radius 1 is 1.04 bits per heavy atom. The fourth-order valence-electron chi connectivity index (χ4n) is 2.13. The van der Waals surface area contributed by atoms with Crippen LogP contribution in [0.4, 0.5) is 18.9 Å². The number of anilines is 1. The fourth-order valence-corrected chi connectivity index (χ4v) is 3.57. The highest BCUT2D eigenvalue weighted by Crippen LogP contribution is 2.24. The van der Waals surface area contributed by atoms with Gasteiger partial charge in [0.05, 0.1) is 10.6 Å². The Labute approximate surface area is 149 Å². The third kappa shape index (κ3) is 5.22. The molecule has 0 aromatic heterocycles. The standard InChI is InChI=1S/C17H17F3N2O3S/c1-13-7-9-14(10-8-13)22(11-16(23)21-12-17(18,19)20)26(24,25)15-5-3-2-4-6-15/h2-10H,11-12H2,1H3,(H,21,23). The molecule has 0 saturated carbocycles. The molecule has 1 N–H and O–H groups in total. The maximum absolute atomic E-state index is 12.9. The molecular weight excluding hydrogens is 369 g/mol. The number of hydrogen-bond donors (Lipinski definition) is 1. The Balaban J connectivity index is 2.34. The minimum atomic E-state index is -4.58. The zero-order valence-electron chi connectivity index (χ0n) is 13.8. The van der Waals surface area contributed by atoms with Crippen molar-refractivity contribution < 1.29 is 26.4 Å². The van der Waals surface area contributed by atoms with E-state index in [0.717, 1.165) is 9.87 Å². The third-order valence-corrected chi connectivity index (χ3v) is 5.21. The molecular formula is C17H17F3N2O3S. The molecule has 0 heterocycles. The van der Waals surface area contributed by atoms with E-state index in [1.807, 2.05) is 0 Å². The summed E-state index contributed by atoms with van der Waals surface area (Å²) in [5.74, 6) is -1.05. The van der Waals surface area contributed by atoms with Crippen LogP contribution in [0.3, 0.4) is 0 Å². The number of benzene rings is 2. The van der Waals surface area contributed by atoms with E-state index >= 15 is 0 Å². The molecule has 0 aliphatic rings. The largest absolute Gasteiger partial charge is 0.405 e. The highest BCUT2D eigenvalue weighted by molar-refractivity contribution is 7.92. The van der Waals surface area contributed by atoms with Crippen molar-refractivity contribution in [3.8, 4) is 0 Å². The zero-order valence-corrected chi connectivity index (χ0v) is 14.6. The van der Waals surface area contributed by atoms with E-state index in [2.05, 4.69) is 0 Å². The van der Waals surface area contributed by atoms with Gasteiger partial charge in [-0.2, -0.15) is 13.2 Å². The predicted molar refractivity (Wildman–Crippen MR) is 91.2 cm³/mol. The smallest absolute Gasteiger partial charge is 0.345 e. The highest BCUT2D eigenvalue weighted by atomic mass is 32.2. The normalized spacial score (nSPS) is 11.8. The van der Waals surface area contributed by atoms with Crippen LogP contribution in [0.25, 0.3) is 0 Å². The van der Waals surface area contributed by atoms with Crippen molar-refractivity contribution in [1.82, 2.24) is 5.32 Å². The summed E-state index contributed by atoms with van der Waals surface area (Å²) in [6.45, 7) is -0.495. The van der Waals surface area contributed by atoms with Crippen LogP contribution in [0.5, 0.6) is 0 Å². The van der Waals surface area contributed by atoms with Gasteiger partial charge in [0.25, 0.3) is 10.0 Å². The van der Waals surface area contributed by atoms with Crippen LogP contribution in [0.2, 0.25) is 0 Å². The first kappa shape index (κ1) is 19.8. The number of aryl methyl sites for hydroxylation is 1. The third-order valence-electron chi connectivity index (χ3n) is 3.43. The Morgan fingerprint density at radius 2 is 1.62 bits per heavy atom. The van der Waals surface area contributed by atoms with Gasteiger partial charge >= 0.3 is 6.18 Å². The summed E-state index contributed by atoms with van der Waals surface area (Å²) in [6, 6.07) is 13.7. The molecule has 0 atom stereocenters. The van der Waals surface area contributed by atoms with E-state index in [9.17, 15) is 26.4 Å². The lowest BCUT2D eigenvalue weighted by Gasteiger charge is -2.24. The number of hydrogen-bond acceptors (Lipinski definition) is 3. The number of halogens is 3. The zero-order chi connectivity index (χ0) is 19.4. The van der Waals surface area contributed by atoms with Crippen molar-refractivity contribution in [2.24, 2.45) is 0 Å². The molecule has 1 amide bonds. The summed E-state index contributed by atoms with van der Waals surface area (Å²) in [4.78, 5) is 11.8. The summed E-state index contributed by atoms with van der Waals surface area (Å²) in [5, 5.41) is 1.69. The van der Waals surface area contributed by atoms with Crippen molar-refractivity contribution in [3.63, 3.8) is 0 Å². The van der Waals surface area contributed by atoms with Gasteiger partial charge in [0.2, 0.25) is 5.91 Å². The van der Waals surface area contributed by atoms with Crippen LogP contribution in [0.1, 0.15) is 5.56 Å². The van der Waals surface area contributed by atoms with Crippen LogP contribution >= 0.6 is 0 Å². The van der Waals surface area contributed by atoms with Crippen LogP contribution in [-0.2, 0) is 14.8 Å². The first-order chi connectivity index (χ1) is 12.1. The fraction of sp³-hybridized carbons (Fsp3) is 0.235. The van der Waals surface area contributed by atoms with Gasteiger partial charge in [-0.25, -0.2) is 8.42 Å². The van der Waals surface area contributed by atoms with E-state index < -0.39 is 35.2 Å². The Bertz CT molecular complexity index is 851. The molecule has 140 valence electrons. The van der Waals surface area contributed by atoms with E-state index in [1.165, 1.54) is 36.4 Å². The van der Waals surface area contributed by atoms with E-state index in [0.29, 0.717) is 0 Å². The van der Waals surface area contributed by atoms with Crippen molar-refractivity contribution >= 4 is 21.6 Å². The summed E-state index contributed by atoms with van der Waals surface area (Å²) < 4.78 is 63.4. The number of rotatable bonds is 6. The summed E-state index contributed by atoms with van der Waals surface area (Å²) in [7, 11) is -4.12. The van der Waals surface area contributed by atoms with Crippen LogP contribution in [0, 0.1) is 6.92 Å². The van der Waals surface area contributed by atoms with Gasteiger partial charge < -0.3 is 5.32 Å². The second-order valence-electron chi connectivity index (χ2n) is 5.55. The van der Waals surface area contributed by atoms with Crippen molar-refractivity contribution in [3.05, 3.63) is 60.2 Å². The van der Waals surface area contributed by atoms with Gasteiger partial charge in [-0.3, -0.25) is 9.10 Å². The molecule has 0 aliphatic carbocycles. The molecule has 0 fully saturated rings. The van der Waals surface area contributed by atoms with Gasteiger partial charge in [-0.05, 0) is 31.2 Å². The summed E-state index contributed by atoms with van der Waals surface area (Å²) >= 11 is 0. The highest BCUT2D eigenvalue weighted by Gasteiger charge is 2.30. The van der Waals surface area contributed by atoms with Gasteiger partial charge in [0, 0.05) is 0 Å². The molecule has 5 nitrogen and oxygen atoms in total. The number of nitrogens with one attached hydrogen (secondary N) is 1. The summed E-state index contributed by atoms with van der Waals surface area (Å²) in [6.07, 6.45) is -4.58. The molecule has 0 bridgehead atoms. The Hall–Kier alpha value is -2.55. The van der Waals surface area contributed by atoms with Crippen LogP contribution in [-0.4, -0.2) is 33.6 Å². The SMILES string of the molecule is Cc1ccc(N(CC(=O)NCC(F)(F)F)S(=O)(=O)c2ccccc2)cc1. The van der Waals surface area contributed by atoms with Gasteiger partial charge in [-0.1, -0.05) is 35.9 Å². The molecule has 0 spiro atoms. The van der Waals surface area contributed by atoms with Crippen LogP contribution in [0.15, 0.2) is 59.5 Å². The first-order valence-electron chi connectivity index (χ1n) is 7.57. The van der Waals surface area contributed by atoms with E-state index in [-0.39, 0.29) is 10.6 Å². The Kier molecular flexibility index (Phi) is 5.91. The molecule has 0 aliphatic heterocycles. The second-order valence-corrected chi connectivity index (χ2v) is 7.41. The molecule has 0 saturated heterocycles. The number of carbonyl (C=O) groups is 1. The lowest BCUT2D eigenvalue weighted by atomic mass is 10.2. The Morgan fingerprint density at radius 3 is 2.15 bits per heavy atom. The van der Waals surface area contributed by atoms with Gasteiger partial charge in [0.1, 0.15) is 13.1 Å². The lowest BCUT2D eigenvalue weighted by Crippen LogP contribution is -2.43. The van der Waals surface area contributed by atoms with Gasteiger partial charge in [0.15, 0.2) is 0 Å². The minimum absolute atomic E-state index is 0.0656. The summed E-state index contributed by atoms with van der Waals surface area (Å²) in [5.41, 5.74) is 1.05. The first-order valence-corrected chi connectivity index (χ1v) is 9.01. The van der Waals surface area contributed by atoms with Crippen molar-refractivity contribution in [1.29, 1.82) is 0 Å². The molecule has 2 aromatic rings. The monoisotopic (exact) mass is 386 g/mol. The maximum Gasteiger partial charge on any atom is 0.405 e. The average molecular weight is 386 g/mol. The van der Waals surface area contributed by atoms with Gasteiger partial charge in [-0.15, -0.1) is 0 Å². The van der Waals surface area contributed by atoms with E-state index in [4.69, 9.17) is 0 Å². The molecule has 2 rings (SSSR count).